The van der Waals surface area contributed by atoms with Crippen LogP contribution >= 0.6 is 11.6 Å². The van der Waals surface area contributed by atoms with Gasteiger partial charge in [0, 0.05) is 45.0 Å². The van der Waals surface area contributed by atoms with E-state index in [2.05, 4.69) is 15.6 Å². The second kappa shape index (κ2) is 20.4. The number of amidine groups is 1. The molecule has 1 aliphatic carbocycles. The lowest BCUT2D eigenvalue weighted by molar-refractivity contribution is -0.137. The van der Waals surface area contributed by atoms with Gasteiger partial charge in [-0.05, 0) is 104 Å². The second-order valence-electron chi connectivity index (χ2n) is 20.5. The summed E-state index contributed by atoms with van der Waals surface area (Å²) in [6.07, 6.45) is 0.789. The summed E-state index contributed by atoms with van der Waals surface area (Å²) in [6, 6.07) is 22.5. The van der Waals surface area contributed by atoms with Crippen LogP contribution in [0, 0.1) is 18.2 Å². The number of aliphatic imine (C=N–C) groups is 1. The highest BCUT2D eigenvalue weighted by Gasteiger charge is 2.77. The standard InChI is InChI=1S/C57H56ClF6N9O5/c1-33-23-41(71(25-36-9-15-39(75-4)16-10-36)26-37-11-17-40(76-5)18-12-37)70-49(45(33)57(62,63)64)43-46(58)50-44-51(47(43)59)78-42(77-31-55-19-6-22-72(55)30-54(28-55)29-56(54,60)61)27-73(53(44)69-32-68-50)34(2)48-52(66-21-20-65-48)67-24-35-7-13-38(74-3)14-8-35/h7-18,20-21,23,27,34,68H,6,19,22,24-26,28-32H2,1-5H3,(H,66,67)/t34?,54-,55+/m1/s1. The minimum absolute atomic E-state index is 0.00833. The zero-order valence-corrected chi connectivity index (χ0v) is 44.2. The number of benzene rings is 4. The fourth-order valence-corrected chi connectivity index (χ4v) is 11.8. The smallest absolute Gasteiger partial charge is 0.418 e. The molecular formula is C57H56ClF6N9O5. The number of hydrogen-bond donors (Lipinski definition) is 2. The first kappa shape index (κ1) is 52.6. The largest absolute Gasteiger partial charge is 0.497 e. The summed E-state index contributed by atoms with van der Waals surface area (Å²) in [5.74, 6) is -2.35. The number of fused-ring (bicyclic) bond motifs is 1. The lowest BCUT2D eigenvalue weighted by Gasteiger charge is -2.32. The van der Waals surface area contributed by atoms with Crippen LogP contribution in [0.5, 0.6) is 23.0 Å². The molecule has 408 valence electrons. The Morgan fingerprint density at radius 1 is 0.872 bits per heavy atom. The van der Waals surface area contributed by atoms with Crippen LogP contribution in [-0.2, 0) is 30.5 Å². The van der Waals surface area contributed by atoms with Gasteiger partial charge in [-0.15, -0.1) is 0 Å². The molecule has 0 radical (unpaired) electrons. The number of anilines is 3. The Bertz CT molecular complexity index is 3260. The van der Waals surface area contributed by atoms with Gasteiger partial charge in [-0.1, -0.05) is 48.0 Å². The lowest BCUT2D eigenvalue weighted by Crippen LogP contribution is -2.42. The summed E-state index contributed by atoms with van der Waals surface area (Å²) >= 11 is 7.32. The lowest BCUT2D eigenvalue weighted by atomic mass is 9.89. The van der Waals surface area contributed by atoms with Crippen molar-refractivity contribution >= 4 is 34.8 Å². The average Bonchev–Trinajstić information content (AvgIpc) is 3.73. The Balaban J connectivity index is 1.03. The van der Waals surface area contributed by atoms with Crippen LogP contribution < -0.4 is 34.5 Å². The average molecular weight is 1100 g/mol. The van der Waals surface area contributed by atoms with Crippen molar-refractivity contribution in [2.75, 3.05) is 63.2 Å². The molecule has 0 amide bonds. The van der Waals surface area contributed by atoms with Gasteiger partial charge in [0.25, 0.3) is 5.92 Å². The zero-order valence-electron chi connectivity index (χ0n) is 43.4. The van der Waals surface area contributed by atoms with Crippen molar-refractivity contribution in [2.24, 2.45) is 10.4 Å². The van der Waals surface area contributed by atoms with Gasteiger partial charge < -0.3 is 44.1 Å². The molecule has 4 aromatic carbocycles. The van der Waals surface area contributed by atoms with Crippen molar-refractivity contribution in [1.82, 2.24) is 24.8 Å². The topological polar surface area (TPSA) is 131 Å². The Morgan fingerprint density at radius 2 is 1.49 bits per heavy atom. The molecule has 6 aromatic rings. The predicted molar refractivity (Wildman–Crippen MR) is 283 cm³/mol. The molecule has 78 heavy (non-hydrogen) atoms. The Hall–Kier alpha value is -7.45. The van der Waals surface area contributed by atoms with Gasteiger partial charge >= 0.3 is 12.1 Å². The molecule has 5 aliphatic rings. The maximum atomic E-state index is 18.4. The van der Waals surface area contributed by atoms with Crippen LogP contribution in [0.25, 0.3) is 11.3 Å². The fourth-order valence-electron chi connectivity index (χ4n) is 11.5. The van der Waals surface area contributed by atoms with Crippen molar-refractivity contribution in [3.05, 3.63) is 153 Å². The van der Waals surface area contributed by atoms with Crippen LogP contribution in [0.3, 0.4) is 0 Å². The molecule has 1 saturated carbocycles. The first-order valence-corrected chi connectivity index (χ1v) is 25.9. The number of rotatable bonds is 17. The molecule has 2 saturated heterocycles. The maximum Gasteiger partial charge on any atom is 0.418 e. The summed E-state index contributed by atoms with van der Waals surface area (Å²) in [6.45, 7) is 4.37. The van der Waals surface area contributed by atoms with E-state index in [1.165, 1.54) is 31.6 Å². The molecular weight excluding hydrogens is 1040 g/mol. The van der Waals surface area contributed by atoms with E-state index in [1.807, 2.05) is 60.4 Å². The van der Waals surface area contributed by atoms with Gasteiger partial charge in [-0.25, -0.2) is 28.1 Å². The summed E-state index contributed by atoms with van der Waals surface area (Å²) in [4.78, 5) is 24.4. The Morgan fingerprint density at radius 3 is 2.09 bits per heavy atom. The predicted octanol–water partition coefficient (Wildman–Crippen LogP) is 12.2. The van der Waals surface area contributed by atoms with E-state index in [9.17, 15) is 0 Å². The first-order valence-electron chi connectivity index (χ1n) is 25.5. The van der Waals surface area contributed by atoms with Crippen LogP contribution in [0.15, 0.2) is 108 Å². The molecule has 1 spiro atoms. The molecule has 1 unspecified atom stereocenters. The molecule has 4 aliphatic heterocycles. The van der Waals surface area contributed by atoms with E-state index >= 15 is 26.3 Å². The van der Waals surface area contributed by atoms with Crippen molar-refractivity contribution in [2.45, 2.75) is 82.8 Å². The molecule has 6 heterocycles. The zero-order chi connectivity index (χ0) is 54.7. The number of nitrogens with zero attached hydrogens (tertiary/aromatic N) is 7. The van der Waals surface area contributed by atoms with E-state index in [4.69, 9.17) is 50.2 Å². The van der Waals surface area contributed by atoms with Crippen LogP contribution in [0.2, 0.25) is 5.02 Å². The van der Waals surface area contributed by atoms with Gasteiger partial charge in [0.15, 0.2) is 11.6 Å². The molecule has 0 bridgehead atoms. The number of aromatic nitrogens is 3. The third kappa shape index (κ3) is 9.70. The summed E-state index contributed by atoms with van der Waals surface area (Å²) in [5.41, 5.74) is -1.93. The van der Waals surface area contributed by atoms with Crippen molar-refractivity contribution in [3.8, 4) is 34.3 Å². The fraction of sp³-hybridized carbons (Fsp3) is 0.368. The highest BCUT2D eigenvalue weighted by atomic mass is 35.5. The third-order valence-corrected chi connectivity index (χ3v) is 16.0. The van der Waals surface area contributed by atoms with Gasteiger partial charge in [0.05, 0.1) is 77.6 Å². The number of aryl methyl sites for hydroxylation is 1. The summed E-state index contributed by atoms with van der Waals surface area (Å²) in [7, 11) is 4.68. The molecule has 14 nitrogen and oxygen atoms in total. The molecule has 3 fully saturated rings. The number of ether oxygens (including phenoxy) is 5. The van der Waals surface area contributed by atoms with E-state index in [-0.39, 0.29) is 80.2 Å². The minimum Gasteiger partial charge on any atom is -0.497 e. The minimum atomic E-state index is -5.05. The van der Waals surface area contributed by atoms with Gasteiger partial charge in [-0.3, -0.25) is 9.88 Å². The molecule has 3 atom stereocenters. The van der Waals surface area contributed by atoms with Crippen molar-refractivity contribution in [1.29, 1.82) is 0 Å². The van der Waals surface area contributed by atoms with E-state index in [0.29, 0.717) is 48.3 Å². The van der Waals surface area contributed by atoms with Gasteiger partial charge in [0.1, 0.15) is 53.7 Å². The number of halogens is 7. The van der Waals surface area contributed by atoms with Crippen LogP contribution in [0.4, 0.5) is 43.7 Å². The molecule has 11 rings (SSSR count). The number of pyridine rings is 1. The van der Waals surface area contributed by atoms with Crippen LogP contribution in [0.1, 0.15) is 77.7 Å². The van der Waals surface area contributed by atoms with Crippen molar-refractivity contribution in [3.63, 3.8) is 0 Å². The normalized spacial score (nSPS) is 20.3. The Kier molecular flexibility index (Phi) is 13.8. The van der Waals surface area contributed by atoms with Crippen molar-refractivity contribution < 1.29 is 50.0 Å². The Labute approximate surface area is 452 Å². The first-order chi connectivity index (χ1) is 37.4. The quantitative estimate of drug-likeness (QED) is 0.0841. The van der Waals surface area contributed by atoms with E-state index < -0.39 is 62.5 Å². The molecule has 2 aromatic heterocycles. The van der Waals surface area contributed by atoms with E-state index in [0.717, 1.165) is 23.1 Å². The highest BCUT2D eigenvalue weighted by Crippen LogP contribution is 2.69. The number of methoxy groups -OCH3 is 3. The van der Waals surface area contributed by atoms with E-state index in [1.54, 1.807) is 55.4 Å². The summed E-state index contributed by atoms with van der Waals surface area (Å²) < 4.78 is 125. The summed E-state index contributed by atoms with van der Waals surface area (Å²) in [5, 5.41) is 6.07. The maximum absolute atomic E-state index is 18.4. The third-order valence-electron chi connectivity index (χ3n) is 15.6. The van der Waals surface area contributed by atoms with Crippen LogP contribution in [-0.4, -0.2) is 89.7 Å². The SMILES string of the molecule is COc1ccc(CNc2nccnc2C(C)N2C=C(OC[C@@]34CCCN3C[C@]3(CC3(F)F)C4)Oc3c(F)c(-c4nc(N(Cc5ccc(OC)cc5)Cc5ccc(OC)cc5)cc(C)c4C(F)(F)F)c(Cl)c4c3C2=NCN4)cc1. The number of alkyl halides is 5. The monoisotopic (exact) mass is 1100 g/mol. The van der Waals surface area contributed by atoms with Gasteiger partial charge in [-0.2, -0.15) is 13.2 Å². The number of nitrogens with one attached hydrogen (secondary N) is 2. The highest BCUT2D eigenvalue weighted by molar-refractivity contribution is 6.37. The molecule has 2 N–H and O–H groups in total. The van der Waals surface area contributed by atoms with Gasteiger partial charge in [0.2, 0.25) is 0 Å². The second-order valence-corrected chi connectivity index (χ2v) is 20.8. The molecule has 21 heteroatoms. The number of hydrogen-bond acceptors (Lipinski definition) is 14.